The molecule has 24 heavy (non-hydrogen) atoms. The number of hydrogen-bond acceptors (Lipinski definition) is 2. The number of rotatable bonds is 9. The fraction of sp³-hybridized carbons (Fsp3) is 0.955. The molecule has 0 atom stereocenters. The smallest absolute Gasteiger partial charge is 0.0689 e. The van der Waals surface area contributed by atoms with Gasteiger partial charge in [0.25, 0.3) is 0 Å². The maximum atomic E-state index is 9.77. The van der Waals surface area contributed by atoms with Crippen molar-refractivity contribution < 1.29 is 0 Å². The summed E-state index contributed by atoms with van der Waals surface area (Å²) in [5.74, 6) is 0.983. The molecule has 2 fully saturated rings. The summed E-state index contributed by atoms with van der Waals surface area (Å²) in [5.41, 5.74) is 0.0171. The van der Waals surface area contributed by atoms with E-state index in [1.807, 2.05) is 0 Å². The zero-order valence-corrected chi connectivity index (χ0v) is 16.4. The minimum atomic E-state index is 0.0171. The second-order valence-electron chi connectivity index (χ2n) is 8.56. The molecule has 2 aliphatic rings. The normalized spacial score (nSPS) is 29.5. The molecule has 138 valence electrons. The number of nitrogens with zero attached hydrogens (tertiary/aromatic N) is 2. The minimum absolute atomic E-state index is 0.0171. The van der Waals surface area contributed by atoms with E-state index in [1.54, 1.807) is 0 Å². The Morgan fingerprint density at radius 1 is 0.917 bits per heavy atom. The van der Waals surface area contributed by atoms with Crippen LogP contribution in [0.5, 0.6) is 0 Å². The summed E-state index contributed by atoms with van der Waals surface area (Å²) < 4.78 is 0. The molecule has 0 bridgehead atoms. The summed E-state index contributed by atoms with van der Waals surface area (Å²) in [4.78, 5) is 2.76. The van der Waals surface area contributed by atoms with Crippen LogP contribution in [-0.2, 0) is 0 Å². The molecule has 0 N–H and O–H groups in total. The first-order chi connectivity index (χ1) is 11.7. The molecule has 1 heterocycles. The molecule has 0 aromatic carbocycles. The van der Waals surface area contributed by atoms with Crippen molar-refractivity contribution in [3.05, 3.63) is 0 Å². The summed E-state index contributed by atoms with van der Waals surface area (Å²) in [7, 11) is 0. The molecular formula is C22H40N2. The standard InChI is InChI=1S/C22H40N2/c1-3-5-6-7-8-14-22(19-23)15-10-21(11-16-22)24-17-12-20(9-4-2)13-18-24/h20-21H,3-18H2,1-2H3/t21-,22-. The van der Waals surface area contributed by atoms with Crippen molar-refractivity contribution >= 4 is 0 Å². The molecule has 1 aliphatic carbocycles. The first-order valence-corrected chi connectivity index (χ1v) is 10.9. The topological polar surface area (TPSA) is 27.0 Å². The largest absolute Gasteiger partial charge is 0.300 e. The van der Waals surface area contributed by atoms with Gasteiger partial charge in [0, 0.05) is 6.04 Å². The first-order valence-electron chi connectivity index (χ1n) is 10.9. The van der Waals surface area contributed by atoms with Crippen molar-refractivity contribution in [3.8, 4) is 6.07 Å². The maximum absolute atomic E-state index is 9.77. The van der Waals surface area contributed by atoms with Gasteiger partial charge >= 0.3 is 0 Å². The van der Waals surface area contributed by atoms with Crippen LogP contribution >= 0.6 is 0 Å². The second-order valence-corrected chi connectivity index (χ2v) is 8.56. The fourth-order valence-electron chi connectivity index (χ4n) is 5.02. The average molecular weight is 333 g/mol. The highest BCUT2D eigenvalue weighted by Crippen LogP contribution is 2.42. The second kappa shape index (κ2) is 10.4. The maximum Gasteiger partial charge on any atom is 0.0689 e. The first kappa shape index (κ1) is 19.8. The van der Waals surface area contributed by atoms with Gasteiger partial charge in [-0.2, -0.15) is 5.26 Å². The van der Waals surface area contributed by atoms with Crippen LogP contribution in [0.15, 0.2) is 0 Å². The third kappa shape index (κ3) is 5.76. The monoisotopic (exact) mass is 332 g/mol. The summed E-state index contributed by atoms with van der Waals surface area (Å²) in [5, 5.41) is 9.77. The third-order valence-corrected chi connectivity index (χ3v) is 6.77. The van der Waals surface area contributed by atoms with E-state index in [4.69, 9.17) is 0 Å². The van der Waals surface area contributed by atoms with Crippen LogP contribution in [0, 0.1) is 22.7 Å². The van der Waals surface area contributed by atoms with Crippen molar-refractivity contribution in [1.82, 2.24) is 4.90 Å². The van der Waals surface area contributed by atoms with Gasteiger partial charge in [0.15, 0.2) is 0 Å². The molecule has 1 saturated carbocycles. The van der Waals surface area contributed by atoms with Gasteiger partial charge in [-0.15, -0.1) is 0 Å². The Labute approximate surface area is 151 Å². The Hall–Kier alpha value is -0.550. The lowest BCUT2D eigenvalue weighted by atomic mass is 9.70. The van der Waals surface area contributed by atoms with Crippen molar-refractivity contribution in [2.45, 2.75) is 110 Å². The highest BCUT2D eigenvalue weighted by molar-refractivity contribution is 5.03. The average Bonchev–Trinajstić information content (AvgIpc) is 2.63. The fourth-order valence-corrected chi connectivity index (χ4v) is 5.02. The lowest BCUT2D eigenvalue weighted by molar-refractivity contribution is 0.0758. The molecule has 0 aromatic heterocycles. The number of piperidine rings is 1. The van der Waals surface area contributed by atoms with Crippen LogP contribution in [-0.4, -0.2) is 24.0 Å². The van der Waals surface area contributed by atoms with Crippen LogP contribution in [0.1, 0.15) is 104 Å². The number of hydrogen-bond donors (Lipinski definition) is 0. The molecule has 0 aromatic rings. The van der Waals surface area contributed by atoms with Gasteiger partial charge in [0.2, 0.25) is 0 Å². The van der Waals surface area contributed by atoms with Crippen molar-refractivity contribution in [3.63, 3.8) is 0 Å². The van der Waals surface area contributed by atoms with Crippen molar-refractivity contribution in [2.75, 3.05) is 13.1 Å². The Morgan fingerprint density at radius 2 is 1.58 bits per heavy atom. The molecule has 2 heteroatoms. The molecular weight excluding hydrogens is 292 g/mol. The van der Waals surface area contributed by atoms with E-state index < -0.39 is 0 Å². The molecule has 2 nitrogen and oxygen atoms in total. The molecule has 0 spiro atoms. The van der Waals surface area contributed by atoms with Gasteiger partial charge < -0.3 is 4.90 Å². The van der Waals surface area contributed by atoms with Crippen LogP contribution in [0.3, 0.4) is 0 Å². The molecule has 1 aliphatic heterocycles. The highest BCUT2D eigenvalue weighted by Gasteiger charge is 2.37. The zero-order valence-electron chi connectivity index (χ0n) is 16.4. The lowest BCUT2D eigenvalue weighted by Crippen LogP contribution is -2.44. The molecule has 0 unspecified atom stereocenters. The van der Waals surface area contributed by atoms with Crippen LogP contribution in [0.2, 0.25) is 0 Å². The van der Waals surface area contributed by atoms with E-state index in [9.17, 15) is 5.26 Å². The van der Waals surface area contributed by atoms with Gasteiger partial charge in [0.05, 0.1) is 11.5 Å². The number of likely N-dealkylation sites (tertiary alicyclic amines) is 1. The van der Waals surface area contributed by atoms with Gasteiger partial charge in [-0.1, -0.05) is 58.8 Å². The highest BCUT2D eigenvalue weighted by atomic mass is 15.2. The van der Waals surface area contributed by atoms with E-state index in [1.165, 1.54) is 83.7 Å². The quantitative estimate of drug-likeness (QED) is 0.462. The molecule has 0 amide bonds. The minimum Gasteiger partial charge on any atom is -0.300 e. The Kier molecular flexibility index (Phi) is 8.60. The van der Waals surface area contributed by atoms with Crippen LogP contribution in [0.25, 0.3) is 0 Å². The van der Waals surface area contributed by atoms with Crippen LogP contribution in [0.4, 0.5) is 0 Å². The van der Waals surface area contributed by atoms with E-state index >= 15 is 0 Å². The van der Waals surface area contributed by atoms with Gasteiger partial charge in [-0.3, -0.25) is 0 Å². The molecule has 0 radical (unpaired) electrons. The Balaban J connectivity index is 1.70. The summed E-state index contributed by atoms with van der Waals surface area (Å²) >= 11 is 0. The van der Waals surface area contributed by atoms with E-state index in [-0.39, 0.29) is 5.41 Å². The molecule has 2 rings (SSSR count). The van der Waals surface area contributed by atoms with Gasteiger partial charge in [0.1, 0.15) is 0 Å². The Bertz CT molecular complexity index is 368. The van der Waals surface area contributed by atoms with Gasteiger partial charge in [-0.05, 0) is 64.0 Å². The Morgan fingerprint density at radius 3 is 2.17 bits per heavy atom. The lowest BCUT2D eigenvalue weighted by Gasteiger charge is -2.43. The zero-order chi connectivity index (χ0) is 17.3. The van der Waals surface area contributed by atoms with E-state index in [0.717, 1.165) is 31.2 Å². The third-order valence-electron chi connectivity index (χ3n) is 6.77. The number of unbranched alkanes of at least 4 members (excludes halogenated alkanes) is 4. The number of nitriles is 1. The summed E-state index contributed by atoms with van der Waals surface area (Å²) in [6.07, 6.45) is 18.2. The predicted molar refractivity (Wildman–Crippen MR) is 103 cm³/mol. The van der Waals surface area contributed by atoms with Gasteiger partial charge in [-0.25, -0.2) is 0 Å². The predicted octanol–water partition coefficient (Wildman–Crippen LogP) is 6.31. The molecule has 1 saturated heterocycles. The van der Waals surface area contributed by atoms with E-state index in [2.05, 4.69) is 24.8 Å². The summed E-state index contributed by atoms with van der Waals surface area (Å²) in [6.45, 7) is 7.21. The SMILES string of the molecule is CCCCCCC[C@]1(C#N)CC[C@H](N2CCC(CCC)CC2)CC1. The van der Waals surface area contributed by atoms with Crippen LogP contribution < -0.4 is 0 Å². The summed E-state index contributed by atoms with van der Waals surface area (Å²) in [6, 6.07) is 3.51. The van der Waals surface area contributed by atoms with Crippen molar-refractivity contribution in [2.24, 2.45) is 11.3 Å². The van der Waals surface area contributed by atoms with E-state index in [0.29, 0.717) is 0 Å². The van der Waals surface area contributed by atoms with Crippen molar-refractivity contribution in [1.29, 1.82) is 5.26 Å².